The molecule has 0 N–H and O–H groups in total. The van der Waals surface area contributed by atoms with E-state index in [-0.39, 0.29) is 0 Å². The molecule has 3 unspecified atom stereocenters. The second kappa shape index (κ2) is 13.4. The third kappa shape index (κ3) is 5.64. The summed E-state index contributed by atoms with van der Waals surface area (Å²) in [5.74, 6) is 1.85. The van der Waals surface area contributed by atoms with Crippen molar-refractivity contribution in [2.45, 2.75) is 105 Å². The Labute approximate surface area is 305 Å². The van der Waals surface area contributed by atoms with Crippen LogP contribution in [0, 0.1) is 13.8 Å². The molecular formula is C46H56N3O2+3. The Bertz CT molecular complexity index is 2030. The van der Waals surface area contributed by atoms with Crippen molar-refractivity contribution in [3.63, 3.8) is 0 Å². The van der Waals surface area contributed by atoms with Crippen molar-refractivity contribution in [1.29, 1.82) is 0 Å². The van der Waals surface area contributed by atoms with E-state index in [9.17, 15) is 0 Å². The molecule has 264 valence electrons. The lowest BCUT2D eigenvalue weighted by Gasteiger charge is -2.36. The predicted octanol–water partition coefficient (Wildman–Crippen LogP) is 9.29. The van der Waals surface area contributed by atoms with Crippen molar-refractivity contribution in [1.82, 2.24) is 0 Å². The van der Waals surface area contributed by atoms with Gasteiger partial charge < -0.3 is 14.0 Å². The number of hydrogen-bond donors (Lipinski definition) is 0. The first kappa shape index (κ1) is 33.9. The number of hydrogen-bond acceptors (Lipinski definition) is 2. The molecule has 3 aliphatic heterocycles. The van der Waals surface area contributed by atoms with Crippen LogP contribution in [-0.4, -0.2) is 70.4 Å². The molecule has 2 fully saturated rings. The first-order valence-electron chi connectivity index (χ1n) is 19.8. The van der Waals surface area contributed by atoms with Crippen LogP contribution in [0.1, 0.15) is 93.2 Å². The van der Waals surface area contributed by atoms with Crippen molar-refractivity contribution < 1.29 is 23.1 Å². The van der Waals surface area contributed by atoms with E-state index in [1.807, 2.05) is 0 Å². The summed E-state index contributed by atoms with van der Waals surface area (Å²) >= 11 is 0. The zero-order valence-electron chi connectivity index (χ0n) is 31.7. The van der Waals surface area contributed by atoms with Crippen LogP contribution in [0.3, 0.4) is 0 Å². The number of nitrogens with zero attached hydrogens (tertiary/aromatic N) is 3. The number of rotatable bonds is 10. The molecule has 5 nitrogen and oxygen atoms in total. The van der Waals surface area contributed by atoms with E-state index in [0.717, 1.165) is 76.9 Å². The Morgan fingerprint density at radius 1 is 0.647 bits per heavy atom. The van der Waals surface area contributed by atoms with Crippen molar-refractivity contribution in [3.8, 4) is 33.8 Å². The molecule has 0 amide bonds. The van der Waals surface area contributed by atoms with Gasteiger partial charge in [-0.05, 0) is 123 Å². The molecule has 0 bridgehead atoms. The van der Waals surface area contributed by atoms with E-state index in [4.69, 9.17) is 9.47 Å². The highest BCUT2D eigenvalue weighted by Crippen LogP contribution is 2.47. The Kier molecular flexibility index (Phi) is 8.90. The second-order valence-corrected chi connectivity index (χ2v) is 15.5. The van der Waals surface area contributed by atoms with Crippen LogP contribution in [-0.2, 0) is 12.8 Å². The normalized spacial score (nSPS) is 21.6. The zero-order chi connectivity index (χ0) is 35.3. The van der Waals surface area contributed by atoms with Gasteiger partial charge in [-0.15, -0.1) is 0 Å². The van der Waals surface area contributed by atoms with Crippen LogP contribution in [0.5, 0.6) is 11.5 Å². The predicted molar refractivity (Wildman–Crippen MR) is 209 cm³/mol. The van der Waals surface area contributed by atoms with Gasteiger partial charge in [0.25, 0.3) is 0 Å². The molecule has 1 saturated heterocycles. The topological polar surface area (TPSA) is 24.5 Å². The van der Waals surface area contributed by atoms with Gasteiger partial charge in [0, 0.05) is 19.3 Å². The third-order valence-electron chi connectivity index (χ3n) is 12.7. The highest BCUT2D eigenvalue weighted by Gasteiger charge is 2.76. The van der Waals surface area contributed by atoms with E-state index in [0.29, 0.717) is 12.1 Å². The number of likely N-dealkylation sites (N-methyl/N-ethyl adjacent to an activating group) is 1. The quantitative estimate of drug-likeness (QED) is 0.123. The monoisotopic (exact) mass is 682 g/mol. The fraction of sp³-hybridized carbons (Fsp3) is 0.435. The van der Waals surface area contributed by atoms with Crippen LogP contribution in [0.15, 0.2) is 72.8 Å². The summed E-state index contributed by atoms with van der Waals surface area (Å²) in [6, 6.07) is 26.9. The van der Waals surface area contributed by atoms with Gasteiger partial charge in [0.15, 0.2) is 23.9 Å². The summed E-state index contributed by atoms with van der Waals surface area (Å²) in [5, 5.41) is 0. The van der Waals surface area contributed by atoms with Crippen LogP contribution in [0.4, 0.5) is 0 Å². The molecule has 8 rings (SSSR count). The minimum absolute atomic E-state index is 0.321. The third-order valence-corrected chi connectivity index (χ3v) is 12.7. The average molecular weight is 683 g/mol. The van der Waals surface area contributed by atoms with Gasteiger partial charge in [0.1, 0.15) is 0 Å². The lowest BCUT2D eigenvalue weighted by atomic mass is 9.90. The van der Waals surface area contributed by atoms with Crippen LogP contribution >= 0.6 is 0 Å². The Morgan fingerprint density at radius 2 is 1.12 bits per heavy atom. The van der Waals surface area contributed by atoms with Gasteiger partial charge in [0.2, 0.25) is 12.1 Å². The number of fused-ring (bicyclic) bond motifs is 5. The molecule has 0 aromatic heterocycles. The average Bonchev–Trinajstić information content (AvgIpc) is 3.43. The lowest BCUT2D eigenvalue weighted by Crippen LogP contribution is -2.60. The highest BCUT2D eigenvalue weighted by atomic mass is 16.7. The molecule has 1 aliphatic carbocycles. The van der Waals surface area contributed by atoms with Crippen molar-refractivity contribution >= 4 is 12.4 Å². The first-order valence-corrected chi connectivity index (χ1v) is 19.8. The maximum Gasteiger partial charge on any atom is 0.704 e. The van der Waals surface area contributed by atoms with E-state index < -0.39 is 6.03 Å². The zero-order valence-corrected chi connectivity index (χ0v) is 31.7. The molecule has 4 aromatic rings. The molecule has 3 atom stereocenters. The molecule has 3 heterocycles. The minimum Gasteiger partial charge on any atom is -0.340 e. The van der Waals surface area contributed by atoms with Crippen LogP contribution < -0.4 is 9.47 Å². The number of quaternary nitrogens is 1. The molecule has 51 heavy (non-hydrogen) atoms. The second-order valence-electron chi connectivity index (χ2n) is 15.5. The summed E-state index contributed by atoms with van der Waals surface area (Å²) in [5.41, 5.74) is 12.6. The van der Waals surface area contributed by atoms with Gasteiger partial charge in [-0.3, -0.25) is 0 Å². The van der Waals surface area contributed by atoms with Gasteiger partial charge in [0.05, 0.1) is 37.3 Å². The summed E-state index contributed by atoms with van der Waals surface area (Å²) in [4.78, 5) is 0. The fourth-order valence-corrected chi connectivity index (χ4v) is 9.64. The molecule has 0 radical (unpaired) electrons. The van der Waals surface area contributed by atoms with E-state index >= 15 is 0 Å². The van der Waals surface area contributed by atoms with Gasteiger partial charge in [-0.25, -0.2) is 0 Å². The molecule has 1 saturated carbocycles. The van der Waals surface area contributed by atoms with Crippen LogP contribution in [0.25, 0.3) is 22.3 Å². The molecule has 4 aliphatic rings. The van der Waals surface area contributed by atoms with Crippen molar-refractivity contribution in [3.05, 3.63) is 106 Å². The molecule has 4 aromatic carbocycles. The summed E-state index contributed by atoms with van der Waals surface area (Å²) in [6.07, 6.45) is 12.7. The summed E-state index contributed by atoms with van der Waals surface area (Å²) in [7, 11) is 0. The maximum atomic E-state index is 7.27. The van der Waals surface area contributed by atoms with Crippen molar-refractivity contribution in [2.75, 3.05) is 26.2 Å². The minimum atomic E-state index is -1.03. The Balaban J connectivity index is 1.20. The Morgan fingerprint density at radius 3 is 1.59 bits per heavy atom. The van der Waals surface area contributed by atoms with Crippen molar-refractivity contribution in [2.24, 2.45) is 0 Å². The molecule has 1 spiro atoms. The number of ether oxygens (including phenoxy) is 2. The van der Waals surface area contributed by atoms with E-state index in [1.54, 1.807) is 0 Å². The summed E-state index contributed by atoms with van der Waals surface area (Å²) < 4.78 is 20.5. The van der Waals surface area contributed by atoms with Crippen LogP contribution in [0.2, 0.25) is 0 Å². The highest BCUT2D eigenvalue weighted by molar-refractivity contribution is 5.88. The molecular weight excluding hydrogens is 627 g/mol. The van der Waals surface area contributed by atoms with E-state index in [1.165, 1.54) is 65.9 Å². The lowest BCUT2D eigenvalue weighted by molar-refractivity contribution is -0.923. The standard InChI is InChI=1S/C46H56N3O2/c1-7-17-34-18-11-13-20-40(34)36-26-32(5)44-38(28-36)30-47-42-22-15-16-23-43(42)48-31-39-29-37(27-33(6)45(39)51-46(47,48)50-44)41-21-14-12-19-35(41)24-25-49(8-2,9-3)10-4/h11-14,18-21,26-31,42-43H,7-10,15-17,22-25H2,1-6H3/q+3. The summed E-state index contributed by atoms with van der Waals surface area (Å²) in [6.45, 7) is 18.3. The maximum absolute atomic E-state index is 7.27. The first-order chi connectivity index (χ1) is 24.8. The van der Waals surface area contributed by atoms with Gasteiger partial charge in [-0.1, -0.05) is 71.0 Å². The van der Waals surface area contributed by atoms with Gasteiger partial charge >= 0.3 is 6.03 Å². The largest absolute Gasteiger partial charge is 0.704 e. The van der Waals surface area contributed by atoms with E-state index in [2.05, 4.69) is 136 Å². The number of benzene rings is 4. The SMILES string of the molecule is CCCc1ccccc1-c1cc(C)c2c(c1)C=[N+]1C3CCCCC3[N+]3=Cc4cc(-c5ccccc5CC[N+](CC)(CC)CC)cc(C)c4OC13O2. The smallest absolute Gasteiger partial charge is 0.340 e. The fourth-order valence-electron chi connectivity index (χ4n) is 9.64. The Hall–Kier alpha value is -4.22. The number of aryl methyl sites for hydroxylation is 3. The van der Waals surface area contributed by atoms with Gasteiger partial charge in [-0.2, -0.15) is 0 Å². The molecule has 5 heteroatoms.